The van der Waals surface area contributed by atoms with Crippen molar-refractivity contribution < 1.29 is 38.1 Å². The van der Waals surface area contributed by atoms with Crippen molar-refractivity contribution in [3.63, 3.8) is 0 Å². The molecule has 0 bridgehead atoms. The summed E-state index contributed by atoms with van der Waals surface area (Å²) in [7, 11) is 0. The van der Waals surface area contributed by atoms with Gasteiger partial charge in [0.05, 0.1) is 0 Å². The Bertz CT molecular complexity index is 618. The number of nitrogens with zero attached hydrogens (tertiary/aromatic N) is 3. The van der Waals surface area contributed by atoms with Crippen LogP contribution < -0.4 is 5.32 Å². The van der Waals surface area contributed by atoms with Crippen LogP contribution >= 0.6 is 0 Å². The molecule has 0 aliphatic carbocycles. The summed E-state index contributed by atoms with van der Waals surface area (Å²) in [5.74, 6) is -2.58. The van der Waals surface area contributed by atoms with Crippen LogP contribution in [0.4, 0.5) is 0 Å². The lowest BCUT2D eigenvalue weighted by Gasteiger charge is -2.43. The number of carbonyl (C=O) groups excluding carboxylic acids is 4. The van der Waals surface area contributed by atoms with Crippen LogP contribution in [-0.4, -0.2) is 61.0 Å². The van der Waals surface area contributed by atoms with Crippen molar-refractivity contribution in [1.82, 2.24) is 5.32 Å². The van der Waals surface area contributed by atoms with Gasteiger partial charge in [0, 0.05) is 32.6 Å². The molecule has 1 amide bonds. The number of hydrogen-bond donors (Lipinski definition) is 1. The van der Waals surface area contributed by atoms with Crippen LogP contribution in [0.15, 0.2) is 5.11 Å². The lowest BCUT2D eigenvalue weighted by Crippen LogP contribution is -2.65. The van der Waals surface area contributed by atoms with Gasteiger partial charge in [-0.3, -0.25) is 19.2 Å². The summed E-state index contributed by atoms with van der Waals surface area (Å²) in [5.41, 5.74) is 8.74. The molecular weight excluding hydrogens is 352 g/mol. The van der Waals surface area contributed by atoms with E-state index in [1.807, 2.05) is 0 Å². The zero-order valence-corrected chi connectivity index (χ0v) is 14.7. The number of amides is 1. The van der Waals surface area contributed by atoms with Crippen LogP contribution in [0.1, 0.15) is 27.7 Å². The first kappa shape index (κ1) is 21.2. The first-order chi connectivity index (χ1) is 12.1. The Morgan fingerprint density at radius 2 is 1.62 bits per heavy atom. The van der Waals surface area contributed by atoms with Gasteiger partial charge in [0.15, 0.2) is 18.4 Å². The van der Waals surface area contributed by atoms with E-state index in [1.54, 1.807) is 0 Å². The number of hydrogen-bond acceptors (Lipinski definition) is 9. The smallest absolute Gasteiger partial charge is 0.303 e. The van der Waals surface area contributed by atoms with E-state index < -0.39 is 54.4 Å². The minimum Gasteiger partial charge on any atom is -0.463 e. The van der Waals surface area contributed by atoms with Gasteiger partial charge >= 0.3 is 17.9 Å². The van der Waals surface area contributed by atoms with Crippen LogP contribution in [0.2, 0.25) is 0 Å². The van der Waals surface area contributed by atoms with E-state index in [9.17, 15) is 19.2 Å². The molecule has 0 aromatic heterocycles. The summed E-state index contributed by atoms with van der Waals surface area (Å²) in [6.45, 7) is 4.26. The third-order valence-electron chi connectivity index (χ3n) is 3.26. The minimum absolute atomic E-state index is 0.352. The van der Waals surface area contributed by atoms with Crippen LogP contribution in [0.25, 0.3) is 10.4 Å². The molecule has 0 aromatic rings. The molecule has 144 valence electrons. The van der Waals surface area contributed by atoms with E-state index in [4.69, 9.17) is 24.5 Å². The summed E-state index contributed by atoms with van der Waals surface area (Å²) in [4.78, 5) is 48.2. The predicted octanol–water partition coefficient (Wildman–Crippen LogP) is -0.0472. The molecule has 26 heavy (non-hydrogen) atoms. The lowest BCUT2D eigenvalue weighted by atomic mass is 9.95. The Kier molecular flexibility index (Phi) is 7.81. The van der Waals surface area contributed by atoms with Gasteiger partial charge in [0.1, 0.15) is 18.8 Å². The third kappa shape index (κ3) is 6.22. The van der Waals surface area contributed by atoms with E-state index >= 15 is 0 Å². The second kappa shape index (κ2) is 9.59. The van der Waals surface area contributed by atoms with Crippen molar-refractivity contribution in [2.24, 2.45) is 5.11 Å². The average Bonchev–Trinajstić information content (AvgIpc) is 2.50. The summed E-state index contributed by atoms with van der Waals surface area (Å²) in [5, 5.41) is 5.89. The van der Waals surface area contributed by atoms with Gasteiger partial charge in [-0.15, -0.1) is 0 Å². The standard InChI is InChI=1S/C14H20N4O8/c1-6(19)16-11-13(25-9(4)22)12(24-8(3)21)10(5-23-7(2)20)26-14(11)17-18-15/h10-14H,5H2,1-4H3,(H,16,19)/t10?,11?,12-,13-,14-/m1/s1. The third-order valence-corrected chi connectivity index (χ3v) is 3.26. The minimum atomic E-state index is -1.29. The zero-order valence-electron chi connectivity index (χ0n) is 14.7. The summed E-state index contributed by atoms with van der Waals surface area (Å²) in [6, 6.07) is -1.12. The maximum Gasteiger partial charge on any atom is 0.303 e. The molecule has 1 aliphatic rings. The van der Waals surface area contributed by atoms with E-state index in [2.05, 4.69) is 15.3 Å². The summed E-state index contributed by atoms with van der Waals surface area (Å²) < 4.78 is 20.8. The van der Waals surface area contributed by atoms with Gasteiger partial charge in [-0.05, 0) is 5.53 Å². The van der Waals surface area contributed by atoms with Crippen molar-refractivity contribution in [2.45, 2.75) is 58.3 Å². The highest BCUT2D eigenvalue weighted by molar-refractivity contribution is 5.73. The van der Waals surface area contributed by atoms with E-state index in [0.717, 1.165) is 20.8 Å². The molecule has 12 heteroatoms. The van der Waals surface area contributed by atoms with Gasteiger partial charge in [0.2, 0.25) is 5.91 Å². The lowest BCUT2D eigenvalue weighted by molar-refractivity contribution is -0.222. The van der Waals surface area contributed by atoms with Crippen LogP contribution in [0.5, 0.6) is 0 Å². The van der Waals surface area contributed by atoms with E-state index in [0.29, 0.717) is 0 Å². The number of nitrogens with one attached hydrogen (secondary N) is 1. The Hall–Kier alpha value is -2.85. The zero-order chi connectivity index (χ0) is 19.9. The number of esters is 3. The molecule has 5 atom stereocenters. The quantitative estimate of drug-likeness (QED) is 0.223. The topological polar surface area (TPSA) is 166 Å². The molecule has 2 unspecified atom stereocenters. The van der Waals surface area contributed by atoms with Crippen molar-refractivity contribution in [1.29, 1.82) is 0 Å². The molecule has 1 rings (SSSR count). The molecule has 1 N–H and O–H groups in total. The maximum atomic E-state index is 11.5. The molecule has 0 saturated carbocycles. The largest absolute Gasteiger partial charge is 0.463 e. The highest BCUT2D eigenvalue weighted by atomic mass is 16.6. The second-order valence-electron chi connectivity index (χ2n) is 5.45. The van der Waals surface area contributed by atoms with Gasteiger partial charge in [-0.1, -0.05) is 5.11 Å². The molecule has 1 aliphatic heterocycles. The second-order valence-corrected chi connectivity index (χ2v) is 5.45. The molecule has 1 heterocycles. The van der Waals surface area contributed by atoms with Crippen molar-refractivity contribution in [2.75, 3.05) is 6.61 Å². The maximum absolute atomic E-state index is 11.5. The molecular formula is C14H20N4O8. The van der Waals surface area contributed by atoms with Crippen molar-refractivity contribution >= 4 is 23.8 Å². The van der Waals surface area contributed by atoms with Crippen LogP contribution in [0.3, 0.4) is 0 Å². The molecule has 0 aromatic carbocycles. The fraction of sp³-hybridized carbons (Fsp3) is 0.714. The van der Waals surface area contributed by atoms with Gasteiger partial charge in [-0.2, -0.15) is 0 Å². The Morgan fingerprint density at radius 1 is 1.04 bits per heavy atom. The first-order valence-corrected chi connectivity index (χ1v) is 7.60. The monoisotopic (exact) mass is 372 g/mol. The number of carbonyl (C=O) groups is 4. The molecule has 1 fully saturated rings. The van der Waals surface area contributed by atoms with Crippen LogP contribution in [0, 0.1) is 0 Å². The van der Waals surface area contributed by atoms with Gasteiger partial charge in [0.25, 0.3) is 0 Å². The summed E-state index contributed by atoms with van der Waals surface area (Å²) in [6.07, 6.45) is -4.82. The number of rotatable bonds is 6. The molecule has 0 spiro atoms. The van der Waals surface area contributed by atoms with E-state index in [-0.39, 0.29) is 6.61 Å². The highest BCUT2D eigenvalue weighted by Gasteiger charge is 2.50. The molecule has 12 nitrogen and oxygen atoms in total. The molecule has 0 radical (unpaired) electrons. The normalized spacial score (nSPS) is 27.5. The fourth-order valence-electron chi connectivity index (χ4n) is 2.46. The number of ether oxygens (including phenoxy) is 4. The van der Waals surface area contributed by atoms with Gasteiger partial charge in [-0.25, -0.2) is 0 Å². The SMILES string of the molecule is CC(=O)NC1[C@H](N=[N+]=[N-])OC(COC(C)=O)[C@@H](OC(C)=O)[C@@H]1OC(C)=O. The molecule has 1 saturated heterocycles. The highest BCUT2D eigenvalue weighted by Crippen LogP contribution is 2.28. The Balaban J connectivity index is 3.28. The van der Waals surface area contributed by atoms with Crippen molar-refractivity contribution in [3.8, 4) is 0 Å². The van der Waals surface area contributed by atoms with E-state index in [1.165, 1.54) is 6.92 Å². The number of azide groups is 1. The predicted molar refractivity (Wildman–Crippen MR) is 83.2 cm³/mol. The Morgan fingerprint density at radius 3 is 2.08 bits per heavy atom. The average molecular weight is 372 g/mol. The first-order valence-electron chi connectivity index (χ1n) is 7.60. The Labute approximate surface area is 148 Å². The van der Waals surface area contributed by atoms with Gasteiger partial charge < -0.3 is 24.3 Å². The summed E-state index contributed by atoms with van der Waals surface area (Å²) >= 11 is 0. The van der Waals surface area contributed by atoms with Crippen molar-refractivity contribution in [3.05, 3.63) is 10.4 Å². The van der Waals surface area contributed by atoms with Crippen LogP contribution in [-0.2, 0) is 38.1 Å². The fourth-order valence-corrected chi connectivity index (χ4v) is 2.46.